The van der Waals surface area contributed by atoms with Crippen molar-refractivity contribution in [2.45, 2.75) is 39.8 Å². The first-order chi connectivity index (χ1) is 19.2. The van der Waals surface area contributed by atoms with E-state index < -0.39 is 23.6 Å². The number of amides is 1. The molecule has 0 spiro atoms. The summed E-state index contributed by atoms with van der Waals surface area (Å²) in [7, 11) is 0. The summed E-state index contributed by atoms with van der Waals surface area (Å²) in [5.41, 5.74) is 9.41. The van der Waals surface area contributed by atoms with E-state index in [-0.39, 0.29) is 11.4 Å². The van der Waals surface area contributed by atoms with Crippen molar-refractivity contribution >= 4 is 23.1 Å². The minimum atomic E-state index is -0.930. The van der Waals surface area contributed by atoms with Crippen LogP contribution in [0.1, 0.15) is 61.3 Å². The lowest BCUT2D eigenvalue weighted by atomic mass is 10.1. The third-order valence-corrected chi connectivity index (χ3v) is 5.92. The molecule has 0 aliphatic rings. The van der Waals surface area contributed by atoms with Crippen LogP contribution in [0.4, 0.5) is 14.6 Å². The Balaban J connectivity index is 1.82. The smallest absolute Gasteiger partial charge is 0.270 e. The average Bonchev–Trinajstić information content (AvgIpc) is 2.96. The first kappa shape index (κ1) is 29.5. The van der Waals surface area contributed by atoms with Crippen molar-refractivity contribution in [3.8, 4) is 6.07 Å². The minimum absolute atomic E-state index is 0.0790. The van der Waals surface area contributed by atoms with Gasteiger partial charge in [0.25, 0.3) is 5.91 Å². The maximum absolute atomic E-state index is 13.8. The number of nitriles is 1. The summed E-state index contributed by atoms with van der Waals surface area (Å²) in [4.78, 5) is 20.8. The Morgan fingerprint density at radius 2 is 1.90 bits per heavy atom. The average molecular weight is 544 g/mol. The van der Waals surface area contributed by atoms with E-state index in [2.05, 4.69) is 32.5 Å². The summed E-state index contributed by atoms with van der Waals surface area (Å²) in [5, 5.41) is 18.7. The highest BCUT2D eigenvalue weighted by atomic mass is 19.2. The molecule has 2 aromatic carbocycles. The van der Waals surface area contributed by atoms with Crippen LogP contribution in [0, 0.1) is 23.0 Å². The molecule has 3 aromatic rings. The number of nitrogens with zero attached hydrogens (tertiary/aromatic N) is 3. The zero-order valence-electron chi connectivity index (χ0n) is 22.6. The molecule has 8 nitrogen and oxygen atoms in total. The number of benzene rings is 2. The monoisotopic (exact) mass is 543 g/mol. The second-order valence-corrected chi connectivity index (χ2v) is 8.86. The van der Waals surface area contributed by atoms with Gasteiger partial charge in [-0.3, -0.25) is 4.79 Å². The lowest BCUT2D eigenvalue weighted by molar-refractivity contribution is -0.116. The number of aromatic nitrogens is 2. The molecule has 1 amide bonds. The molecule has 5 N–H and O–H groups in total. The molecule has 10 heteroatoms. The number of allylic oxidation sites excluding steroid dienone is 2. The standard InChI is InChI=1S/C30H31F2N7O/c1-5-7-27(37-19(4)22-12-13-24(31)25(32)14-22)28-29(36-17-23(15-33)38-28)35-16-20-8-10-21(11-9-20)26(6-2)39-30(40)18(3)34/h6-14,17,19,37H,3,5,16,34H2,1-2,4H3,(H,35,36)(H,39,40)/b26-6-,27-7?. The van der Waals surface area contributed by atoms with E-state index in [1.54, 1.807) is 13.0 Å². The summed E-state index contributed by atoms with van der Waals surface area (Å²) in [6.07, 6.45) is 5.68. The van der Waals surface area contributed by atoms with E-state index in [0.717, 1.165) is 23.3 Å². The minimum Gasteiger partial charge on any atom is -0.395 e. The molecule has 0 fully saturated rings. The second-order valence-electron chi connectivity index (χ2n) is 8.86. The fraction of sp³-hybridized carbons (Fsp3) is 0.200. The van der Waals surface area contributed by atoms with Gasteiger partial charge in [0, 0.05) is 18.3 Å². The number of nitrogens with two attached hydrogens (primary N) is 1. The zero-order chi connectivity index (χ0) is 29.2. The molecule has 1 atom stereocenters. The van der Waals surface area contributed by atoms with Crippen molar-refractivity contribution in [3.63, 3.8) is 0 Å². The van der Waals surface area contributed by atoms with Crippen molar-refractivity contribution in [2.75, 3.05) is 5.32 Å². The third kappa shape index (κ3) is 7.51. The molecule has 0 aliphatic carbocycles. The van der Waals surface area contributed by atoms with Crippen LogP contribution in [0.15, 0.2) is 73.1 Å². The maximum Gasteiger partial charge on any atom is 0.270 e. The zero-order valence-corrected chi connectivity index (χ0v) is 22.6. The summed E-state index contributed by atoms with van der Waals surface area (Å²) in [5.74, 6) is -1.87. The van der Waals surface area contributed by atoms with Gasteiger partial charge in [-0.05, 0) is 49.1 Å². The highest BCUT2D eigenvalue weighted by molar-refractivity contribution is 5.97. The Bertz CT molecular complexity index is 1490. The number of carbonyl (C=O) groups is 1. The number of nitrogens with one attached hydrogen (secondary N) is 3. The molecule has 0 saturated carbocycles. The molecule has 1 aromatic heterocycles. The van der Waals surface area contributed by atoms with E-state index in [9.17, 15) is 18.8 Å². The number of carbonyl (C=O) groups excluding carboxylic acids is 1. The molecule has 3 rings (SSSR count). The van der Waals surface area contributed by atoms with Gasteiger partial charge in [-0.2, -0.15) is 5.26 Å². The van der Waals surface area contributed by atoms with Gasteiger partial charge in [0.1, 0.15) is 11.8 Å². The molecule has 0 saturated heterocycles. The maximum atomic E-state index is 13.8. The fourth-order valence-corrected chi connectivity index (χ4v) is 3.79. The molecule has 0 radical (unpaired) electrons. The van der Waals surface area contributed by atoms with Crippen molar-refractivity contribution in [3.05, 3.63) is 113 Å². The Morgan fingerprint density at radius 1 is 1.18 bits per heavy atom. The molecule has 206 valence electrons. The Hall–Kier alpha value is -5.04. The predicted molar refractivity (Wildman–Crippen MR) is 152 cm³/mol. The normalized spacial score (nSPS) is 12.3. The SMILES string of the molecule is C=C(N)C(=O)N/C(=C\C)c1ccc(CNc2ncc(C#N)nc2C(=CCC)NC(C)c2ccc(F)c(F)c2)cc1. The highest BCUT2D eigenvalue weighted by Crippen LogP contribution is 2.25. The van der Waals surface area contributed by atoms with Gasteiger partial charge in [-0.1, -0.05) is 56.0 Å². The van der Waals surface area contributed by atoms with Crippen LogP contribution in [-0.2, 0) is 11.3 Å². The van der Waals surface area contributed by atoms with E-state index in [1.165, 1.54) is 12.3 Å². The van der Waals surface area contributed by atoms with Gasteiger partial charge in [-0.15, -0.1) is 0 Å². The number of rotatable bonds is 11. The molecule has 1 heterocycles. The number of hydrogen-bond acceptors (Lipinski definition) is 7. The van der Waals surface area contributed by atoms with Crippen molar-refractivity contribution in [1.29, 1.82) is 5.26 Å². The van der Waals surface area contributed by atoms with E-state index in [0.29, 0.717) is 41.4 Å². The second kappa shape index (κ2) is 13.7. The summed E-state index contributed by atoms with van der Waals surface area (Å²) < 4.78 is 27.3. The van der Waals surface area contributed by atoms with Gasteiger partial charge in [0.15, 0.2) is 23.1 Å². The Labute approximate surface area is 232 Å². The van der Waals surface area contributed by atoms with Crippen molar-refractivity contribution in [2.24, 2.45) is 5.73 Å². The summed E-state index contributed by atoms with van der Waals surface area (Å²) in [6.45, 7) is 9.41. The van der Waals surface area contributed by atoms with Crippen molar-refractivity contribution in [1.82, 2.24) is 20.6 Å². The van der Waals surface area contributed by atoms with Crippen molar-refractivity contribution < 1.29 is 13.6 Å². The van der Waals surface area contributed by atoms with Crippen LogP contribution >= 0.6 is 0 Å². The van der Waals surface area contributed by atoms with E-state index in [4.69, 9.17) is 5.73 Å². The molecule has 0 aliphatic heterocycles. The molecule has 0 bridgehead atoms. The lowest BCUT2D eigenvalue weighted by Crippen LogP contribution is -2.26. The van der Waals surface area contributed by atoms with Gasteiger partial charge >= 0.3 is 0 Å². The third-order valence-electron chi connectivity index (χ3n) is 5.92. The Morgan fingerprint density at radius 3 is 2.50 bits per heavy atom. The van der Waals surface area contributed by atoms with Gasteiger partial charge in [0.2, 0.25) is 0 Å². The molecular weight excluding hydrogens is 512 g/mol. The summed E-state index contributed by atoms with van der Waals surface area (Å²) >= 11 is 0. The fourth-order valence-electron chi connectivity index (χ4n) is 3.79. The molecular formula is C30H31F2N7O. The Kier molecular flexibility index (Phi) is 10.1. The van der Waals surface area contributed by atoms with Crippen LogP contribution < -0.4 is 21.7 Å². The van der Waals surface area contributed by atoms with Crippen LogP contribution in [0.25, 0.3) is 11.4 Å². The number of halogens is 2. The van der Waals surface area contributed by atoms with Crippen LogP contribution in [0.3, 0.4) is 0 Å². The van der Waals surface area contributed by atoms with Gasteiger partial charge < -0.3 is 21.7 Å². The topological polar surface area (TPSA) is 129 Å². The van der Waals surface area contributed by atoms with Crippen LogP contribution in [-0.4, -0.2) is 15.9 Å². The predicted octanol–water partition coefficient (Wildman–Crippen LogP) is 5.29. The van der Waals surface area contributed by atoms with Gasteiger partial charge in [0.05, 0.1) is 17.6 Å². The molecule has 1 unspecified atom stereocenters. The summed E-state index contributed by atoms with van der Waals surface area (Å²) in [6, 6.07) is 12.9. The first-order valence-electron chi connectivity index (χ1n) is 12.6. The lowest BCUT2D eigenvalue weighted by Gasteiger charge is -2.20. The number of hydrogen-bond donors (Lipinski definition) is 4. The number of anilines is 1. The first-order valence-corrected chi connectivity index (χ1v) is 12.6. The highest BCUT2D eigenvalue weighted by Gasteiger charge is 2.17. The van der Waals surface area contributed by atoms with Crippen LogP contribution in [0.2, 0.25) is 0 Å². The van der Waals surface area contributed by atoms with E-state index in [1.807, 2.05) is 50.3 Å². The molecule has 40 heavy (non-hydrogen) atoms. The van der Waals surface area contributed by atoms with Gasteiger partial charge in [-0.25, -0.2) is 18.7 Å². The van der Waals surface area contributed by atoms with E-state index >= 15 is 0 Å². The largest absolute Gasteiger partial charge is 0.395 e. The quantitative estimate of drug-likeness (QED) is 0.242. The van der Waals surface area contributed by atoms with Crippen LogP contribution in [0.5, 0.6) is 0 Å².